The first-order valence-electron chi connectivity index (χ1n) is 11.6. The third-order valence-electron chi connectivity index (χ3n) is 6.27. The van der Waals surface area contributed by atoms with Crippen molar-refractivity contribution in [3.05, 3.63) is 59.7 Å². The summed E-state index contributed by atoms with van der Waals surface area (Å²) < 4.78 is 11.4. The second-order valence-electron chi connectivity index (χ2n) is 8.53. The minimum Gasteiger partial charge on any atom is -0.508 e. The Kier molecular flexibility index (Phi) is 6.84. The predicted octanol–water partition coefficient (Wildman–Crippen LogP) is 1.88. The molecule has 1 aromatic heterocycles. The summed E-state index contributed by atoms with van der Waals surface area (Å²) in [6, 6.07) is 15.1. The Labute approximate surface area is 198 Å². The van der Waals surface area contributed by atoms with E-state index in [1.54, 1.807) is 18.2 Å². The quantitative estimate of drug-likeness (QED) is 0.543. The van der Waals surface area contributed by atoms with E-state index in [9.17, 15) is 10.2 Å². The summed E-state index contributed by atoms with van der Waals surface area (Å²) in [5.41, 5.74) is 3.07. The van der Waals surface area contributed by atoms with Crippen molar-refractivity contribution in [1.82, 2.24) is 19.9 Å². The summed E-state index contributed by atoms with van der Waals surface area (Å²) in [5.74, 6) is 0.996. The molecule has 2 aromatic carbocycles. The maximum absolute atomic E-state index is 10.1. The van der Waals surface area contributed by atoms with Crippen LogP contribution in [0.5, 0.6) is 11.8 Å². The molecule has 2 aliphatic rings. The lowest BCUT2D eigenvalue weighted by atomic mass is 9.94. The van der Waals surface area contributed by atoms with Gasteiger partial charge in [-0.15, -0.1) is 0 Å². The van der Waals surface area contributed by atoms with Crippen LogP contribution in [0.1, 0.15) is 11.1 Å². The monoisotopic (exact) mass is 463 g/mol. The molecule has 1 saturated heterocycles. The van der Waals surface area contributed by atoms with Crippen LogP contribution in [0.2, 0.25) is 0 Å². The number of hydrogen-bond donors (Lipinski definition) is 2. The summed E-state index contributed by atoms with van der Waals surface area (Å²) >= 11 is 0. The minimum atomic E-state index is -0.157. The Morgan fingerprint density at radius 1 is 1.00 bits per heavy atom. The number of hydrogen-bond acceptors (Lipinski definition) is 9. The number of phenols is 1. The molecular formula is C25H29N5O4. The molecule has 0 bridgehead atoms. The minimum absolute atomic E-state index is 0.0191. The van der Waals surface area contributed by atoms with E-state index in [0.717, 1.165) is 32.8 Å². The van der Waals surface area contributed by atoms with Crippen molar-refractivity contribution in [2.45, 2.75) is 19.0 Å². The van der Waals surface area contributed by atoms with Gasteiger partial charge in [-0.25, -0.2) is 0 Å². The number of morpholine rings is 1. The highest BCUT2D eigenvalue weighted by molar-refractivity contribution is 5.59. The summed E-state index contributed by atoms with van der Waals surface area (Å²) in [4.78, 5) is 18.2. The normalized spacial score (nSPS) is 18.5. The number of anilines is 1. The van der Waals surface area contributed by atoms with Crippen molar-refractivity contribution in [1.29, 1.82) is 0 Å². The molecule has 0 amide bonds. The van der Waals surface area contributed by atoms with Gasteiger partial charge in [0.15, 0.2) is 5.82 Å². The maximum atomic E-state index is 10.1. The number of aromatic hydroxyl groups is 1. The molecule has 0 spiro atoms. The zero-order valence-electron chi connectivity index (χ0n) is 19.0. The van der Waals surface area contributed by atoms with Crippen molar-refractivity contribution < 1.29 is 19.7 Å². The van der Waals surface area contributed by atoms with Gasteiger partial charge in [-0.05, 0) is 29.7 Å². The van der Waals surface area contributed by atoms with Gasteiger partial charge in [-0.2, -0.15) is 15.0 Å². The zero-order valence-corrected chi connectivity index (χ0v) is 19.0. The van der Waals surface area contributed by atoms with E-state index in [2.05, 4.69) is 27.0 Å². The molecule has 0 saturated carbocycles. The Hall–Kier alpha value is -3.27. The first-order valence-corrected chi connectivity index (χ1v) is 11.6. The SMILES string of the molecule is OC[C@H]1Cc2ccccc2CN1c1nc(OCCN2CCOCC2)nc(-c2cccc(O)c2)n1. The molecule has 3 heterocycles. The number of aliphatic hydroxyl groups is 1. The van der Waals surface area contributed by atoms with Crippen LogP contribution < -0.4 is 9.64 Å². The highest BCUT2D eigenvalue weighted by Crippen LogP contribution is 2.29. The molecule has 9 heteroatoms. The van der Waals surface area contributed by atoms with Gasteiger partial charge in [0.05, 0.1) is 25.9 Å². The van der Waals surface area contributed by atoms with Crippen LogP contribution in [-0.2, 0) is 17.7 Å². The summed E-state index contributed by atoms with van der Waals surface area (Å²) in [6.07, 6.45) is 0.701. The predicted molar refractivity (Wildman–Crippen MR) is 127 cm³/mol. The van der Waals surface area contributed by atoms with E-state index in [-0.39, 0.29) is 24.4 Å². The number of rotatable bonds is 7. The van der Waals surface area contributed by atoms with Crippen LogP contribution in [0.4, 0.5) is 5.95 Å². The number of ether oxygens (including phenoxy) is 2. The molecule has 0 radical (unpaired) electrons. The third-order valence-corrected chi connectivity index (χ3v) is 6.27. The van der Waals surface area contributed by atoms with Gasteiger partial charge in [-0.3, -0.25) is 4.90 Å². The van der Waals surface area contributed by atoms with Gasteiger partial charge in [0, 0.05) is 31.7 Å². The number of fused-ring (bicyclic) bond motifs is 1. The van der Waals surface area contributed by atoms with Crippen LogP contribution in [0.15, 0.2) is 48.5 Å². The lowest BCUT2D eigenvalue weighted by Crippen LogP contribution is -2.44. The molecular weight excluding hydrogens is 434 g/mol. The van der Waals surface area contributed by atoms with E-state index < -0.39 is 0 Å². The van der Waals surface area contributed by atoms with E-state index in [0.29, 0.717) is 36.9 Å². The molecule has 34 heavy (non-hydrogen) atoms. The van der Waals surface area contributed by atoms with Gasteiger partial charge >= 0.3 is 6.01 Å². The average Bonchev–Trinajstić information content (AvgIpc) is 2.88. The molecule has 5 rings (SSSR count). The van der Waals surface area contributed by atoms with Crippen LogP contribution in [0, 0.1) is 0 Å². The molecule has 9 nitrogen and oxygen atoms in total. The first-order chi connectivity index (χ1) is 16.7. The molecule has 3 aromatic rings. The van der Waals surface area contributed by atoms with Crippen molar-refractivity contribution >= 4 is 5.95 Å². The number of benzene rings is 2. The van der Waals surface area contributed by atoms with Crippen LogP contribution in [0.3, 0.4) is 0 Å². The number of phenolic OH excluding ortho intramolecular Hbond substituents is 1. The van der Waals surface area contributed by atoms with Crippen LogP contribution in [-0.4, -0.2) is 82.2 Å². The molecule has 1 atom stereocenters. The Bertz CT molecular complexity index is 1120. The van der Waals surface area contributed by atoms with Crippen molar-refractivity contribution in [3.8, 4) is 23.1 Å². The van der Waals surface area contributed by atoms with Crippen molar-refractivity contribution in [2.75, 3.05) is 51.0 Å². The number of aromatic nitrogens is 3. The molecule has 0 aliphatic carbocycles. The van der Waals surface area contributed by atoms with Crippen molar-refractivity contribution in [2.24, 2.45) is 0 Å². The fourth-order valence-electron chi connectivity index (χ4n) is 4.39. The summed E-state index contributed by atoms with van der Waals surface area (Å²) in [6.45, 7) is 4.98. The number of nitrogens with zero attached hydrogens (tertiary/aromatic N) is 5. The standard InChI is InChI=1S/C25H29N5O4/c31-17-21-14-18-4-1-2-5-20(18)16-30(21)24-26-23(19-6-3-7-22(32)15-19)27-25(28-24)34-13-10-29-8-11-33-12-9-29/h1-7,15,21,31-32H,8-14,16-17H2/t21-/m1/s1. The lowest BCUT2D eigenvalue weighted by Gasteiger charge is -2.36. The highest BCUT2D eigenvalue weighted by atomic mass is 16.5. The van der Waals surface area contributed by atoms with E-state index in [1.807, 2.05) is 23.1 Å². The molecule has 2 N–H and O–H groups in total. The molecule has 1 fully saturated rings. The van der Waals surface area contributed by atoms with Gasteiger partial charge in [0.1, 0.15) is 12.4 Å². The maximum Gasteiger partial charge on any atom is 0.321 e. The van der Waals surface area contributed by atoms with Gasteiger partial charge in [0.2, 0.25) is 5.95 Å². The molecule has 178 valence electrons. The van der Waals surface area contributed by atoms with E-state index >= 15 is 0 Å². The smallest absolute Gasteiger partial charge is 0.321 e. The second-order valence-corrected chi connectivity index (χ2v) is 8.53. The van der Waals surface area contributed by atoms with Gasteiger partial charge < -0.3 is 24.6 Å². The lowest BCUT2D eigenvalue weighted by molar-refractivity contribution is 0.0317. The third kappa shape index (κ3) is 5.11. The largest absolute Gasteiger partial charge is 0.508 e. The van der Waals surface area contributed by atoms with Crippen LogP contribution >= 0.6 is 0 Å². The van der Waals surface area contributed by atoms with E-state index in [4.69, 9.17) is 14.5 Å². The summed E-state index contributed by atoms with van der Waals surface area (Å²) in [5, 5.41) is 20.1. The Morgan fingerprint density at radius 3 is 2.62 bits per heavy atom. The van der Waals surface area contributed by atoms with Crippen molar-refractivity contribution in [3.63, 3.8) is 0 Å². The highest BCUT2D eigenvalue weighted by Gasteiger charge is 2.28. The van der Waals surface area contributed by atoms with E-state index in [1.165, 1.54) is 11.1 Å². The van der Waals surface area contributed by atoms with Gasteiger partial charge in [-0.1, -0.05) is 36.4 Å². The van der Waals surface area contributed by atoms with Gasteiger partial charge in [0.25, 0.3) is 0 Å². The topological polar surface area (TPSA) is 104 Å². The fraction of sp³-hybridized carbons (Fsp3) is 0.400. The summed E-state index contributed by atoms with van der Waals surface area (Å²) in [7, 11) is 0. The fourth-order valence-corrected chi connectivity index (χ4v) is 4.39. The van der Waals surface area contributed by atoms with Crippen LogP contribution in [0.25, 0.3) is 11.4 Å². The Balaban J connectivity index is 1.44. The first kappa shape index (κ1) is 22.5. The second kappa shape index (κ2) is 10.3. The average molecular weight is 464 g/mol. The Morgan fingerprint density at radius 2 is 1.82 bits per heavy atom. The molecule has 0 unspecified atom stereocenters. The number of aliphatic hydroxyl groups excluding tert-OH is 1. The zero-order chi connectivity index (χ0) is 23.3. The molecule has 2 aliphatic heterocycles.